The summed E-state index contributed by atoms with van der Waals surface area (Å²) in [7, 11) is 0. The first kappa shape index (κ1) is 19.6. The number of carbonyl (C=O) groups excluding carboxylic acids is 2. The number of carbonyl (C=O) groups is 2. The van der Waals surface area contributed by atoms with E-state index >= 15 is 0 Å². The van der Waals surface area contributed by atoms with Crippen molar-refractivity contribution in [1.29, 1.82) is 0 Å². The summed E-state index contributed by atoms with van der Waals surface area (Å²) in [5, 5.41) is 4.21. The minimum atomic E-state index is -1.23. The van der Waals surface area contributed by atoms with E-state index in [0.29, 0.717) is 41.0 Å². The molecule has 0 unspecified atom stereocenters. The second-order valence-corrected chi connectivity index (χ2v) is 8.20. The standard InChI is InChI=1S/C23H20ClN3O4/c1-13-15-5-3-4-6-16(15)25-17(20(13)24)12-27-21(28)23(2,26-22(27)29)14-7-8-18-19(11-14)31-10-9-30-18/h3-8,11H,9-10,12H2,1-2H3,(H,26,29)/t23-/m0/s1. The number of halogens is 1. The van der Waals surface area contributed by atoms with Crippen LogP contribution in [-0.4, -0.2) is 35.0 Å². The summed E-state index contributed by atoms with van der Waals surface area (Å²) in [6, 6.07) is 12.4. The molecule has 2 aromatic carbocycles. The maximum Gasteiger partial charge on any atom is 0.325 e. The highest BCUT2D eigenvalue weighted by Crippen LogP contribution is 2.37. The molecule has 2 aliphatic heterocycles. The summed E-state index contributed by atoms with van der Waals surface area (Å²) in [4.78, 5) is 31.9. The molecule has 0 saturated carbocycles. The number of aromatic nitrogens is 1. The molecule has 0 radical (unpaired) electrons. The first-order valence-corrected chi connectivity index (χ1v) is 10.3. The van der Waals surface area contributed by atoms with E-state index in [2.05, 4.69) is 10.3 Å². The topological polar surface area (TPSA) is 80.8 Å². The van der Waals surface area contributed by atoms with Crippen LogP contribution in [0.15, 0.2) is 42.5 Å². The van der Waals surface area contributed by atoms with Crippen LogP contribution < -0.4 is 14.8 Å². The Hall–Kier alpha value is -3.32. The van der Waals surface area contributed by atoms with E-state index in [0.717, 1.165) is 21.4 Å². The molecule has 1 saturated heterocycles. The van der Waals surface area contributed by atoms with Crippen molar-refractivity contribution in [3.05, 3.63) is 64.3 Å². The second-order valence-electron chi connectivity index (χ2n) is 7.82. The van der Waals surface area contributed by atoms with E-state index in [1.807, 2.05) is 31.2 Å². The van der Waals surface area contributed by atoms with E-state index in [9.17, 15) is 9.59 Å². The predicted octanol–water partition coefficient (Wildman–Crippen LogP) is 3.94. The number of nitrogens with zero attached hydrogens (tertiary/aromatic N) is 2. The summed E-state index contributed by atoms with van der Waals surface area (Å²) < 4.78 is 11.2. The maximum absolute atomic E-state index is 13.4. The van der Waals surface area contributed by atoms with Gasteiger partial charge in [0.1, 0.15) is 18.8 Å². The van der Waals surface area contributed by atoms with Crippen molar-refractivity contribution >= 4 is 34.4 Å². The lowest BCUT2D eigenvalue weighted by molar-refractivity contribution is -0.131. The third-order valence-corrected chi connectivity index (χ3v) is 6.35. The third kappa shape index (κ3) is 3.08. The number of urea groups is 1. The number of hydrogen-bond acceptors (Lipinski definition) is 5. The molecule has 0 spiro atoms. The molecular formula is C23H20ClN3O4. The summed E-state index contributed by atoms with van der Waals surface area (Å²) in [5.41, 5.74) is 1.50. The number of aryl methyl sites for hydroxylation is 1. The van der Waals surface area contributed by atoms with E-state index < -0.39 is 11.6 Å². The second kappa shape index (κ2) is 7.13. The van der Waals surface area contributed by atoms with Gasteiger partial charge >= 0.3 is 6.03 Å². The molecule has 31 heavy (non-hydrogen) atoms. The Kier molecular flexibility index (Phi) is 4.51. The lowest BCUT2D eigenvalue weighted by atomic mass is 9.91. The van der Waals surface area contributed by atoms with Crippen LogP contribution in [0.4, 0.5) is 4.79 Å². The van der Waals surface area contributed by atoms with E-state index in [4.69, 9.17) is 21.1 Å². The monoisotopic (exact) mass is 437 g/mol. The Morgan fingerprint density at radius 1 is 1.13 bits per heavy atom. The molecule has 7 nitrogen and oxygen atoms in total. The van der Waals surface area contributed by atoms with Crippen molar-refractivity contribution < 1.29 is 19.1 Å². The molecule has 0 aliphatic carbocycles. The van der Waals surface area contributed by atoms with Crippen LogP contribution in [0.3, 0.4) is 0 Å². The van der Waals surface area contributed by atoms with Gasteiger partial charge in [-0.15, -0.1) is 0 Å². The number of pyridine rings is 1. The Morgan fingerprint density at radius 3 is 2.68 bits per heavy atom. The number of fused-ring (bicyclic) bond motifs is 2. The minimum Gasteiger partial charge on any atom is -0.486 e. The van der Waals surface area contributed by atoms with Gasteiger partial charge in [-0.3, -0.25) is 9.69 Å². The van der Waals surface area contributed by atoms with Crippen molar-refractivity contribution in [3.8, 4) is 11.5 Å². The first-order chi connectivity index (χ1) is 14.9. The van der Waals surface area contributed by atoms with Crippen molar-refractivity contribution in [2.24, 2.45) is 0 Å². The van der Waals surface area contributed by atoms with Gasteiger partial charge in [-0.05, 0) is 43.2 Å². The number of nitrogens with one attached hydrogen (secondary N) is 1. The lowest BCUT2D eigenvalue weighted by Gasteiger charge is -2.25. The predicted molar refractivity (Wildman–Crippen MR) is 115 cm³/mol. The number of rotatable bonds is 3. The van der Waals surface area contributed by atoms with Gasteiger partial charge in [0, 0.05) is 5.39 Å². The molecule has 1 fully saturated rings. The number of imide groups is 1. The SMILES string of the molecule is Cc1c(Cl)c(CN2C(=O)N[C@@](C)(c3ccc4c(c3)OCCO4)C2=O)nc2ccccc12. The fourth-order valence-electron chi connectivity index (χ4n) is 4.06. The fraction of sp³-hybridized carbons (Fsp3) is 0.261. The largest absolute Gasteiger partial charge is 0.486 e. The lowest BCUT2D eigenvalue weighted by Crippen LogP contribution is -2.41. The van der Waals surface area contributed by atoms with E-state index in [1.165, 1.54) is 0 Å². The van der Waals surface area contributed by atoms with Crippen LogP contribution in [0.25, 0.3) is 10.9 Å². The highest BCUT2D eigenvalue weighted by Gasteiger charge is 2.49. The Bertz CT molecular complexity index is 1240. The minimum absolute atomic E-state index is 0.0185. The summed E-state index contributed by atoms with van der Waals surface area (Å²) in [5.74, 6) is 0.799. The zero-order valence-electron chi connectivity index (χ0n) is 17.1. The summed E-state index contributed by atoms with van der Waals surface area (Å²) >= 11 is 6.55. The third-order valence-electron chi connectivity index (χ3n) is 5.85. The Morgan fingerprint density at radius 2 is 1.87 bits per heavy atom. The van der Waals surface area contributed by atoms with Crippen LogP contribution in [0.2, 0.25) is 5.02 Å². The van der Waals surface area contributed by atoms with Gasteiger partial charge in [-0.2, -0.15) is 0 Å². The average molecular weight is 438 g/mol. The number of para-hydroxylation sites is 1. The molecule has 3 aromatic rings. The van der Waals surface area contributed by atoms with Gasteiger partial charge < -0.3 is 14.8 Å². The zero-order valence-corrected chi connectivity index (χ0v) is 17.8. The van der Waals surface area contributed by atoms with Crippen LogP contribution >= 0.6 is 11.6 Å². The molecule has 1 aromatic heterocycles. The summed E-state index contributed by atoms with van der Waals surface area (Å²) in [6.45, 7) is 4.48. The summed E-state index contributed by atoms with van der Waals surface area (Å²) in [6.07, 6.45) is 0. The number of amides is 3. The number of hydrogen-bond donors (Lipinski definition) is 1. The van der Waals surface area contributed by atoms with Gasteiger partial charge in [0.05, 0.1) is 22.8 Å². The molecule has 1 N–H and O–H groups in total. The molecule has 0 bridgehead atoms. The molecule has 1 atom stereocenters. The van der Waals surface area contributed by atoms with Crippen LogP contribution in [0.5, 0.6) is 11.5 Å². The quantitative estimate of drug-likeness (QED) is 0.628. The van der Waals surface area contributed by atoms with Gasteiger partial charge in [-0.1, -0.05) is 35.9 Å². The smallest absolute Gasteiger partial charge is 0.325 e. The molecule has 2 aliphatic rings. The van der Waals surface area contributed by atoms with Crippen LogP contribution in [0.1, 0.15) is 23.7 Å². The first-order valence-electron chi connectivity index (χ1n) is 9.96. The maximum atomic E-state index is 13.4. The average Bonchev–Trinajstić information content (AvgIpc) is 3.00. The van der Waals surface area contributed by atoms with E-state index in [1.54, 1.807) is 25.1 Å². The molecule has 5 rings (SSSR count). The van der Waals surface area contributed by atoms with Crippen molar-refractivity contribution in [2.75, 3.05) is 13.2 Å². The fourth-order valence-corrected chi connectivity index (χ4v) is 4.27. The Balaban J connectivity index is 1.48. The Labute approximate surface area is 183 Å². The zero-order chi connectivity index (χ0) is 21.8. The van der Waals surface area contributed by atoms with Crippen molar-refractivity contribution in [3.63, 3.8) is 0 Å². The van der Waals surface area contributed by atoms with Crippen LogP contribution in [-0.2, 0) is 16.9 Å². The van der Waals surface area contributed by atoms with Crippen molar-refractivity contribution in [1.82, 2.24) is 15.2 Å². The number of ether oxygens (including phenoxy) is 2. The van der Waals surface area contributed by atoms with Gasteiger partial charge in [0.25, 0.3) is 5.91 Å². The molecule has 158 valence electrons. The highest BCUT2D eigenvalue weighted by atomic mass is 35.5. The number of benzene rings is 2. The molecular weight excluding hydrogens is 418 g/mol. The normalized spacial score (nSPS) is 20.3. The highest BCUT2D eigenvalue weighted by molar-refractivity contribution is 6.32. The van der Waals surface area contributed by atoms with E-state index in [-0.39, 0.29) is 12.5 Å². The molecule has 3 heterocycles. The molecule has 8 heteroatoms. The van der Waals surface area contributed by atoms with Gasteiger partial charge in [-0.25, -0.2) is 9.78 Å². The van der Waals surface area contributed by atoms with Crippen molar-refractivity contribution in [2.45, 2.75) is 25.9 Å². The van der Waals surface area contributed by atoms with Gasteiger partial charge in [0.2, 0.25) is 0 Å². The van der Waals surface area contributed by atoms with Gasteiger partial charge in [0.15, 0.2) is 11.5 Å². The molecule has 3 amide bonds. The van der Waals surface area contributed by atoms with Crippen LogP contribution in [0, 0.1) is 6.92 Å².